The molecule has 1 saturated heterocycles. The molecule has 18 heavy (non-hydrogen) atoms. The molecule has 98 valence electrons. The van der Waals surface area contributed by atoms with Crippen LogP contribution in [0, 0.1) is 12.8 Å². The number of nitrogens with zero attached hydrogens (tertiary/aromatic N) is 3. The standard InChI is InChI=1S/C12H17N3O3/c1-7-10(5-13-14(7)3)8(2)15-6-9(12(17)18)4-11(15)16/h5,8-9H,4,6H2,1-3H3,(H,17,18). The van der Waals surface area contributed by atoms with Crippen LogP contribution in [0.4, 0.5) is 0 Å². The van der Waals surface area contributed by atoms with Crippen molar-refractivity contribution in [3.05, 3.63) is 17.5 Å². The zero-order chi connectivity index (χ0) is 13.4. The Balaban J connectivity index is 2.20. The van der Waals surface area contributed by atoms with Crippen LogP contribution in [0.25, 0.3) is 0 Å². The number of carbonyl (C=O) groups is 2. The van der Waals surface area contributed by atoms with Crippen LogP contribution < -0.4 is 0 Å². The lowest BCUT2D eigenvalue weighted by atomic mass is 10.1. The number of aromatic nitrogens is 2. The van der Waals surface area contributed by atoms with Gasteiger partial charge in [-0.1, -0.05) is 0 Å². The minimum Gasteiger partial charge on any atom is -0.481 e. The summed E-state index contributed by atoms with van der Waals surface area (Å²) in [7, 11) is 1.84. The number of likely N-dealkylation sites (tertiary alicyclic amines) is 1. The molecule has 0 aromatic carbocycles. The first-order valence-electron chi connectivity index (χ1n) is 5.92. The van der Waals surface area contributed by atoms with Gasteiger partial charge in [0.25, 0.3) is 0 Å². The molecule has 0 aliphatic carbocycles. The minimum atomic E-state index is -0.902. The maximum Gasteiger partial charge on any atom is 0.308 e. The maximum absolute atomic E-state index is 11.9. The van der Waals surface area contributed by atoms with Crippen LogP contribution in [-0.2, 0) is 16.6 Å². The smallest absolute Gasteiger partial charge is 0.308 e. The Hall–Kier alpha value is -1.85. The van der Waals surface area contributed by atoms with Gasteiger partial charge in [0.15, 0.2) is 0 Å². The predicted molar refractivity (Wildman–Crippen MR) is 63.8 cm³/mol. The van der Waals surface area contributed by atoms with Crippen molar-refractivity contribution in [2.24, 2.45) is 13.0 Å². The quantitative estimate of drug-likeness (QED) is 0.859. The highest BCUT2D eigenvalue weighted by atomic mass is 16.4. The molecule has 2 atom stereocenters. The molecule has 6 heteroatoms. The van der Waals surface area contributed by atoms with Gasteiger partial charge in [0.1, 0.15) is 0 Å². The first-order chi connectivity index (χ1) is 8.41. The minimum absolute atomic E-state index is 0.0962. The van der Waals surface area contributed by atoms with Gasteiger partial charge in [-0.25, -0.2) is 0 Å². The molecular weight excluding hydrogens is 234 g/mol. The first kappa shape index (κ1) is 12.6. The summed E-state index contributed by atoms with van der Waals surface area (Å²) >= 11 is 0. The third-order valence-corrected chi connectivity index (χ3v) is 3.70. The summed E-state index contributed by atoms with van der Waals surface area (Å²) in [5.74, 6) is -1.59. The number of amides is 1. The molecule has 1 aliphatic heterocycles. The fraction of sp³-hybridized carbons (Fsp3) is 0.583. The Labute approximate surface area is 105 Å². The predicted octanol–water partition coefficient (Wildman–Crippen LogP) is 0.723. The second kappa shape index (κ2) is 4.44. The highest BCUT2D eigenvalue weighted by Gasteiger charge is 2.37. The van der Waals surface area contributed by atoms with Crippen LogP contribution >= 0.6 is 0 Å². The Morgan fingerprint density at radius 2 is 2.28 bits per heavy atom. The van der Waals surface area contributed by atoms with Gasteiger partial charge in [-0.2, -0.15) is 5.10 Å². The van der Waals surface area contributed by atoms with Crippen molar-refractivity contribution in [2.45, 2.75) is 26.3 Å². The van der Waals surface area contributed by atoms with Crippen LogP contribution in [0.3, 0.4) is 0 Å². The van der Waals surface area contributed by atoms with Crippen LogP contribution in [0.2, 0.25) is 0 Å². The fourth-order valence-corrected chi connectivity index (χ4v) is 2.37. The first-order valence-corrected chi connectivity index (χ1v) is 5.92. The lowest BCUT2D eigenvalue weighted by molar-refractivity contribution is -0.141. The van der Waals surface area contributed by atoms with Crippen LogP contribution in [-0.4, -0.2) is 38.2 Å². The van der Waals surface area contributed by atoms with Crippen LogP contribution in [0.15, 0.2) is 6.20 Å². The molecular formula is C12H17N3O3. The summed E-state index contributed by atoms with van der Waals surface area (Å²) in [4.78, 5) is 24.4. The number of aryl methyl sites for hydroxylation is 1. The Morgan fingerprint density at radius 3 is 2.72 bits per heavy atom. The van der Waals surface area contributed by atoms with Crippen LogP contribution in [0.5, 0.6) is 0 Å². The molecule has 1 N–H and O–H groups in total. The van der Waals surface area contributed by atoms with Gasteiger partial charge < -0.3 is 10.0 Å². The zero-order valence-corrected chi connectivity index (χ0v) is 10.8. The van der Waals surface area contributed by atoms with Crippen molar-refractivity contribution in [3.63, 3.8) is 0 Å². The zero-order valence-electron chi connectivity index (χ0n) is 10.8. The molecule has 1 aromatic rings. The van der Waals surface area contributed by atoms with E-state index in [-0.39, 0.29) is 24.9 Å². The third kappa shape index (κ3) is 1.98. The van der Waals surface area contributed by atoms with Gasteiger partial charge in [0.05, 0.1) is 18.2 Å². The highest BCUT2D eigenvalue weighted by Crippen LogP contribution is 2.29. The molecule has 0 saturated carbocycles. The number of carboxylic acids is 1. The van der Waals surface area contributed by atoms with E-state index in [4.69, 9.17) is 5.11 Å². The normalized spacial score (nSPS) is 21.4. The molecule has 1 fully saturated rings. The van der Waals surface area contributed by atoms with E-state index < -0.39 is 11.9 Å². The van der Waals surface area contributed by atoms with E-state index in [2.05, 4.69) is 5.10 Å². The Bertz CT molecular complexity index is 495. The van der Waals surface area contributed by atoms with E-state index >= 15 is 0 Å². The van der Waals surface area contributed by atoms with Gasteiger partial charge in [-0.3, -0.25) is 14.3 Å². The average molecular weight is 251 g/mol. The van der Waals surface area contributed by atoms with Crippen molar-refractivity contribution >= 4 is 11.9 Å². The second-order valence-corrected chi connectivity index (χ2v) is 4.77. The van der Waals surface area contributed by atoms with Crippen molar-refractivity contribution in [3.8, 4) is 0 Å². The van der Waals surface area contributed by atoms with Crippen molar-refractivity contribution in [1.29, 1.82) is 0 Å². The van der Waals surface area contributed by atoms with E-state index in [1.807, 2.05) is 20.9 Å². The van der Waals surface area contributed by atoms with Gasteiger partial charge in [-0.15, -0.1) is 0 Å². The highest BCUT2D eigenvalue weighted by molar-refractivity contribution is 5.86. The lowest BCUT2D eigenvalue weighted by Crippen LogP contribution is -2.29. The molecule has 0 spiro atoms. The molecule has 1 aliphatic rings. The topological polar surface area (TPSA) is 75.4 Å². The third-order valence-electron chi connectivity index (χ3n) is 3.70. The second-order valence-electron chi connectivity index (χ2n) is 4.77. The van der Waals surface area contributed by atoms with E-state index in [9.17, 15) is 9.59 Å². The molecule has 0 radical (unpaired) electrons. The van der Waals surface area contributed by atoms with Crippen molar-refractivity contribution < 1.29 is 14.7 Å². The molecule has 6 nitrogen and oxygen atoms in total. The van der Waals surface area contributed by atoms with Gasteiger partial charge in [0.2, 0.25) is 5.91 Å². The summed E-state index contributed by atoms with van der Waals surface area (Å²) in [6.07, 6.45) is 1.83. The van der Waals surface area contributed by atoms with Gasteiger partial charge in [-0.05, 0) is 13.8 Å². The summed E-state index contributed by atoms with van der Waals surface area (Å²) in [6.45, 7) is 4.13. The summed E-state index contributed by atoms with van der Waals surface area (Å²) < 4.78 is 1.75. The number of rotatable bonds is 3. The number of carboxylic acid groups (broad SMARTS) is 1. The van der Waals surface area contributed by atoms with E-state index in [1.54, 1.807) is 15.8 Å². The number of hydrogen-bond acceptors (Lipinski definition) is 3. The number of carbonyl (C=O) groups excluding carboxylic acids is 1. The Morgan fingerprint density at radius 1 is 1.61 bits per heavy atom. The molecule has 1 amide bonds. The van der Waals surface area contributed by atoms with Gasteiger partial charge in [0, 0.05) is 31.3 Å². The van der Waals surface area contributed by atoms with Gasteiger partial charge >= 0.3 is 5.97 Å². The largest absolute Gasteiger partial charge is 0.481 e. The average Bonchev–Trinajstić information content (AvgIpc) is 2.84. The molecule has 0 bridgehead atoms. The fourth-order valence-electron chi connectivity index (χ4n) is 2.37. The molecule has 2 heterocycles. The van der Waals surface area contributed by atoms with Crippen LogP contribution in [0.1, 0.15) is 30.6 Å². The summed E-state index contributed by atoms with van der Waals surface area (Å²) in [5, 5.41) is 13.1. The van der Waals surface area contributed by atoms with E-state index in [0.29, 0.717) is 0 Å². The number of aliphatic carboxylic acids is 1. The summed E-state index contributed by atoms with van der Waals surface area (Å²) in [6, 6.07) is -0.129. The summed E-state index contributed by atoms with van der Waals surface area (Å²) in [5.41, 5.74) is 1.96. The van der Waals surface area contributed by atoms with Crippen molar-refractivity contribution in [1.82, 2.24) is 14.7 Å². The molecule has 2 unspecified atom stereocenters. The van der Waals surface area contributed by atoms with E-state index in [1.165, 1.54) is 0 Å². The lowest BCUT2D eigenvalue weighted by Gasteiger charge is -2.24. The number of hydrogen-bond donors (Lipinski definition) is 1. The monoisotopic (exact) mass is 251 g/mol. The molecule has 2 rings (SSSR count). The molecule has 1 aromatic heterocycles. The SMILES string of the molecule is Cc1c(C(C)N2CC(C(=O)O)CC2=O)cnn1C. The van der Waals surface area contributed by atoms with E-state index in [0.717, 1.165) is 11.3 Å². The maximum atomic E-state index is 11.9. The Kier molecular flexibility index (Phi) is 3.11. The van der Waals surface area contributed by atoms with Crippen molar-refractivity contribution in [2.75, 3.05) is 6.54 Å².